The molecule has 1 saturated heterocycles. The molecule has 0 unspecified atom stereocenters. The van der Waals surface area contributed by atoms with Gasteiger partial charge in [-0.3, -0.25) is 15.1 Å². The van der Waals surface area contributed by atoms with Crippen LogP contribution in [0.15, 0.2) is 36.4 Å². The van der Waals surface area contributed by atoms with E-state index in [4.69, 9.17) is 11.1 Å². The smallest absolute Gasteiger partial charge is 0.239 e. The summed E-state index contributed by atoms with van der Waals surface area (Å²) in [6, 6.07) is 12.3. The molecule has 0 spiro atoms. The number of benzene rings is 1. The van der Waals surface area contributed by atoms with Gasteiger partial charge in [0.25, 0.3) is 0 Å². The van der Waals surface area contributed by atoms with Gasteiger partial charge in [0.05, 0.1) is 11.5 Å². The van der Waals surface area contributed by atoms with E-state index in [0.717, 1.165) is 28.8 Å². The van der Waals surface area contributed by atoms with Crippen molar-refractivity contribution in [3.8, 4) is 0 Å². The fourth-order valence-corrected chi connectivity index (χ4v) is 4.78. The van der Waals surface area contributed by atoms with Gasteiger partial charge in [-0.1, -0.05) is 30.3 Å². The zero-order valence-electron chi connectivity index (χ0n) is 15.3. The molecule has 0 radical (unpaired) electrons. The first kappa shape index (κ1) is 17.3. The van der Waals surface area contributed by atoms with Gasteiger partial charge in [-0.25, -0.2) is 0 Å². The fourth-order valence-electron chi connectivity index (χ4n) is 3.78. The minimum absolute atomic E-state index is 0.0658. The molecule has 4 N–H and O–H groups in total. The van der Waals surface area contributed by atoms with Crippen molar-refractivity contribution in [1.82, 2.24) is 10.2 Å². The van der Waals surface area contributed by atoms with Gasteiger partial charge in [-0.05, 0) is 41.7 Å². The number of nitrogens with one attached hydrogen (secondary N) is 2. The number of carbonyl (C=O) groups is 1. The number of nitrogens with zero attached hydrogens (tertiary/aromatic N) is 1. The SMILES string of the molecule is Bc1ccc([C@@]2(C)NC(=N)N(C)C(=O)[C@H]2c2ccc(C3(N)CC3)cc2)s1. The first-order chi connectivity index (χ1) is 12.2. The summed E-state index contributed by atoms with van der Waals surface area (Å²) in [6.45, 7) is 2.02. The molecule has 1 aromatic carbocycles. The fraction of sp³-hybridized carbons (Fsp3) is 0.368. The van der Waals surface area contributed by atoms with Crippen LogP contribution in [0.1, 0.15) is 41.7 Å². The van der Waals surface area contributed by atoms with Gasteiger partial charge in [0.15, 0.2) is 13.8 Å². The maximum atomic E-state index is 13.2. The van der Waals surface area contributed by atoms with Crippen LogP contribution < -0.4 is 15.8 Å². The number of hydrogen-bond acceptors (Lipinski definition) is 4. The van der Waals surface area contributed by atoms with Crippen LogP contribution >= 0.6 is 11.3 Å². The predicted molar refractivity (Wildman–Crippen MR) is 108 cm³/mol. The van der Waals surface area contributed by atoms with E-state index in [2.05, 4.69) is 37.4 Å². The first-order valence-electron chi connectivity index (χ1n) is 8.85. The number of hydrogen-bond donors (Lipinski definition) is 3. The maximum Gasteiger partial charge on any atom is 0.239 e. The minimum Gasteiger partial charge on any atom is -0.345 e. The Morgan fingerprint density at radius 2 is 1.92 bits per heavy atom. The normalized spacial score (nSPS) is 27.3. The number of thiophene rings is 1. The van der Waals surface area contributed by atoms with Crippen molar-refractivity contribution in [2.45, 2.75) is 36.8 Å². The lowest BCUT2D eigenvalue weighted by Gasteiger charge is -2.45. The van der Waals surface area contributed by atoms with Gasteiger partial charge in [-0.15, -0.1) is 0 Å². The molecule has 2 fully saturated rings. The Morgan fingerprint density at radius 1 is 1.27 bits per heavy atom. The largest absolute Gasteiger partial charge is 0.345 e. The summed E-state index contributed by atoms with van der Waals surface area (Å²) in [5.74, 6) is -0.333. The molecule has 1 aliphatic heterocycles. The van der Waals surface area contributed by atoms with E-state index >= 15 is 0 Å². The molecule has 4 rings (SSSR count). The highest BCUT2D eigenvalue weighted by Gasteiger charge is 2.49. The second kappa shape index (κ2) is 5.69. The van der Waals surface area contributed by atoms with Gasteiger partial charge in [0.2, 0.25) is 5.91 Å². The highest BCUT2D eigenvalue weighted by Crippen LogP contribution is 2.45. The molecule has 5 nitrogen and oxygen atoms in total. The summed E-state index contributed by atoms with van der Waals surface area (Å²) >= 11 is 1.66. The van der Waals surface area contributed by atoms with E-state index in [1.807, 2.05) is 19.1 Å². The summed E-state index contributed by atoms with van der Waals surface area (Å²) in [7, 11) is 3.71. The molecular formula is C19H23BN4OS. The maximum absolute atomic E-state index is 13.2. The summed E-state index contributed by atoms with van der Waals surface area (Å²) in [5.41, 5.74) is 7.54. The highest BCUT2D eigenvalue weighted by atomic mass is 32.1. The topological polar surface area (TPSA) is 82.2 Å². The van der Waals surface area contributed by atoms with Gasteiger partial charge in [-0.2, -0.15) is 11.3 Å². The Balaban J connectivity index is 1.78. The van der Waals surface area contributed by atoms with E-state index in [0.29, 0.717) is 0 Å². The van der Waals surface area contributed by atoms with Crippen molar-refractivity contribution in [2.24, 2.45) is 5.73 Å². The van der Waals surface area contributed by atoms with Crippen LogP contribution in [0.25, 0.3) is 0 Å². The monoisotopic (exact) mass is 366 g/mol. The molecule has 134 valence electrons. The molecule has 2 atom stereocenters. The second-order valence-corrected chi connectivity index (χ2v) is 8.98. The minimum atomic E-state index is -0.652. The molecule has 1 amide bonds. The first-order valence-corrected chi connectivity index (χ1v) is 9.67. The standard InChI is InChI=1S/C19H23BN4OS/c1-18(13-7-8-14(20)26-13)15(16(25)24(2)17(21)23-18)11-3-5-12(6-4-11)19(22)9-10-19/h3-8,15H,9-10,20,22H2,1-2H3,(H2,21,23)/t15-,18-/m1/s1. The second-order valence-electron chi connectivity index (χ2n) is 7.69. The molecule has 0 bridgehead atoms. The Labute approximate surface area is 158 Å². The third-order valence-electron chi connectivity index (χ3n) is 5.73. The van der Waals surface area contributed by atoms with Gasteiger partial charge in [0.1, 0.15) is 0 Å². The van der Waals surface area contributed by atoms with Crippen molar-refractivity contribution in [2.75, 3.05) is 7.05 Å². The quantitative estimate of drug-likeness (QED) is 0.708. The van der Waals surface area contributed by atoms with Crippen LogP contribution in [0.3, 0.4) is 0 Å². The lowest BCUT2D eigenvalue weighted by Crippen LogP contribution is -2.62. The Kier molecular flexibility index (Phi) is 3.79. The van der Waals surface area contributed by atoms with Crippen LogP contribution in [0.4, 0.5) is 0 Å². The summed E-state index contributed by atoms with van der Waals surface area (Å²) < 4.78 is 1.19. The van der Waals surface area contributed by atoms with E-state index in [-0.39, 0.29) is 17.4 Å². The zero-order chi connectivity index (χ0) is 18.7. The van der Waals surface area contributed by atoms with Crippen LogP contribution in [-0.4, -0.2) is 31.7 Å². The number of rotatable bonds is 3. The number of carbonyl (C=O) groups excluding carboxylic acids is 1. The van der Waals surface area contributed by atoms with E-state index in [9.17, 15) is 4.79 Å². The molecule has 2 aromatic rings. The van der Waals surface area contributed by atoms with Crippen LogP contribution in [0, 0.1) is 5.41 Å². The number of guanidine groups is 1. The van der Waals surface area contributed by atoms with E-state index < -0.39 is 11.5 Å². The van der Waals surface area contributed by atoms with Crippen molar-refractivity contribution in [3.63, 3.8) is 0 Å². The summed E-state index contributed by atoms with van der Waals surface area (Å²) in [5, 5.41) is 11.5. The third kappa shape index (κ3) is 2.58. The van der Waals surface area contributed by atoms with Crippen LogP contribution in [0.2, 0.25) is 0 Å². The Bertz CT molecular complexity index is 889. The molecule has 26 heavy (non-hydrogen) atoms. The molecule has 1 aliphatic carbocycles. The summed E-state index contributed by atoms with van der Waals surface area (Å²) in [4.78, 5) is 15.6. The molecular weight excluding hydrogens is 343 g/mol. The van der Waals surface area contributed by atoms with Crippen LogP contribution in [-0.2, 0) is 15.9 Å². The average molecular weight is 366 g/mol. The highest BCUT2D eigenvalue weighted by molar-refractivity contribution is 7.20. The van der Waals surface area contributed by atoms with Crippen molar-refractivity contribution < 1.29 is 4.79 Å². The lowest BCUT2D eigenvalue weighted by atomic mass is 9.76. The molecule has 1 aromatic heterocycles. The van der Waals surface area contributed by atoms with Crippen molar-refractivity contribution >= 4 is 35.8 Å². The van der Waals surface area contributed by atoms with E-state index in [1.54, 1.807) is 18.4 Å². The number of amides is 1. The number of nitrogens with two attached hydrogens (primary N) is 1. The number of likely N-dealkylation sites (N-methyl/N-ethyl adjacent to an activating group) is 1. The molecule has 2 heterocycles. The van der Waals surface area contributed by atoms with Crippen LogP contribution in [0.5, 0.6) is 0 Å². The average Bonchev–Trinajstić information content (AvgIpc) is 3.20. The lowest BCUT2D eigenvalue weighted by molar-refractivity contribution is -0.131. The van der Waals surface area contributed by atoms with E-state index in [1.165, 1.54) is 9.68 Å². The Morgan fingerprint density at radius 3 is 2.46 bits per heavy atom. The molecule has 1 saturated carbocycles. The van der Waals surface area contributed by atoms with Crippen molar-refractivity contribution in [1.29, 1.82) is 5.41 Å². The van der Waals surface area contributed by atoms with Gasteiger partial charge >= 0.3 is 0 Å². The zero-order valence-corrected chi connectivity index (χ0v) is 16.1. The molecule has 7 heteroatoms. The Hall–Kier alpha value is -2.12. The predicted octanol–water partition coefficient (Wildman–Crippen LogP) is 0.950. The van der Waals surface area contributed by atoms with Gasteiger partial charge < -0.3 is 11.1 Å². The van der Waals surface area contributed by atoms with Gasteiger partial charge in [0, 0.05) is 17.5 Å². The third-order valence-corrected chi connectivity index (χ3v) is 6.97. The molecule has 2 aliphatic rings. The summed E-state index contributed by atoms with van der Waals surface area (Å²) in [6.07, 6.45) is 2.03. The van der Waals surface area contributed by atoms with Crippen molar-refractivity contribution in [3.05, 3.63) is 52.4 Å².